The van der Waals surface area contributed by atoms with E-state index in [0.717, 1.165) is 26.5 Å². The van der Waals surface area contributed by atoms with E-state index in [9.17, 15) is 4.79 Å². The normalized spacial score (nSPS) is 10.4. The Balaban J connectivity index is 1.65. The minimum Gasteiger partial charge on any atom is -0.332 e. The molecule has 3 rings (SSSR count). The van der Waals surface area contributed by atoms with E-state index >= 15 is 0 Å². The van der Waals surface area contributed by atoms with E-state index in [1.165, 1.54) is 0 Å². The predicted octanol–water partition coefficient (Wildman–Crippen LogP) is 4.66. The summed E-state index contributed by atoms with van der Waals surface area (Å²) >= 11 is 8.61. The Hall–Kier alpha value is -2.24. The van der Waals surface area contributed by atoms with Crippen LogP contribution in [0.3, 0.4) is 0 Å². The highest BCUT2D eigenvalue weighted by atomic mass is 79.9. The molecular weight excluding hydrogens is 384 g/mol. The number of benzene rings is 3. The second-order valence-corrected chi connectivity index (χ2v) is 6.65. The molecule has 3 aromatic rings. The number of hydrogen-bond acceptors (Lipinski definition) is 2. The van der Waals surface area contributed by atoms with E-state index in [2.05, 4.69) is 26.6 Å². The molecule has 5 heteroatoms. The lowest BCUT2D eigenvalue weighted by Crippen LogP contribution is -2.35. The molecule has 3 aromatic carbocycles. The van der Waals surface area contributed by atoms with Crippen molar-refractivity contribution in [2.24, 2.45) is 0 Å². The molecule has 0 saturated carbocycles. The third-order valence-electron chi connectivity index (χ3n) is 3.57. The van der Waals surface area contributed by atoms with Gasteiger partial charge in [0.25, 0.3) is 0 Å². The summed E-state index contributed by atoms with van der Waals surface area (Å²) in [6, 6.07) is 21.6. The molecule has 120 valence electrons. The minimum atomic E-state index is -0.140. The second-order valence-electron chi connectivity index (χ2n) is 5.33. The van der Waals surface area contributed by atoms with Gasteiger partial charge in [0.2, 0.25) is 5.91 Å². The first-order valence-corrected chi connectivity index (χ1v) is 8.65. The molecule has 0 aliphatic carbocycles. The monoisotopic (exact) mass is 398 g/mol. The van der Waals surface area contributed by atoms with Crippen molar-refractivity contribution in [1.82, 2.24) is 5.32 Å². The van der Waals surface area contributed by atoms with Gasteiger partial charge < -0.3 is 10.6 Å². The molecule has 1 amide bonds. The van der Waals surface area contributed by atoms with Crippen molar-refractivity contribution in [1.29, 1.82) is 0 Å². The van der Waals surface area contributed by atoms with Gasteiger partial charge >= 0.3 is 0 Å². The highest BCUT2D eigenvalue weighted by Gasteiger charge is 2.09. The quantitative estimate of drug-likeness (QED) is 0.630. The Labute approximate surface area is 154 Å². The Kier molecular flexibility index (Phi) is 5.23. The number of amides is 1. The van der Waals surface area contributed by atoms with Crippen LogP contribution in [0.5, 0.6) is 0 Å². The van der Waals surface area contributed by atoms with E-state index in [-0.39, 0.29) is 12.3 Å². The van der Waals surface area contributed by atoms with Crippen molar-refractivity contribution >= 4 is 55.6 Å². The van der Waals surface area contributed by atoms with Gasteiger partial charge in [-0.1, -0.05) is 64.5 Å². The van der Waals surface area contributed by atoms with Gasteiger partial charge in [-0.2, -0.15) is 0 Å². The van der Waals surface area contributed by atoms with Crippen LogP contribution in [0.1, 0.15) is 5.56 Å². The van der Waals surface area contributed by atoms with Gasteiger partial charge in [0.15, 0.2) is 5.11 Å². The Morgan fingerprint density at radius 3 is 2.58 bits per heavy atom. The molecule has 0 atom stereocenters. The summed E-state index contributed by atoms with van der Waals surface area (Å²) in [6.45, 7) is 0. The molecular formula is C19H15BrN2OS. The highest BCUT2D eigenvalue weighted by Crippen LogP contribution is 2.19. The maximum Gasteiger partial charge on any atom is 0.230 e. The molecule has 0 bridgehead atoms. The zero-order valence-electron chi connectivity index (χ0n) is 12.8. The molecule has 0 saturated heterocycles. The molecule has 0 unspecified atom stereocenters. The van der Waals surface area contributed by atoms with Crippen molar-refractivity contribution in [3.05, 3.63) is 76.8 Å². The van der Waals surface area contributed by atoms with Crippen LogP contribution in [-0.2, 0) is 11.2 Å². The molecule has 0 fully saturated rings. The van der Waals surface area contributed by atoms with Gasteiger partial charge in [0, 0.05) is 10.2 Å². The number of thiocarbonyl (C=S) groups is 1. The zero-order chi connectivity index (χ0) is 16.9. The Morgan fingerprint density at radius 1 is 1.00 bits per heavy atom. The summed E-state index contributed by atoms with van der Waals surface area (Å²) in [7, 11) is 0. The number of carbonyl (C=O) groups is 1. The summed E-state index contributed by atoms with van der Waals surface area (Å²) in [5, 5.41) is 8.23. The molecule has 0 aromatic heterocycles. The molecule has 24 heavy (non-hydrogen) atoms. The van der Waals surface area contributed by atoms with Crippen LogP contribution in [0.2, 0.25) is 0 Å². The number of anilines is 1. The first kappa shape index (κ1) is 16.6. The van der Waals surface area contributed by atoms with Gasteiger partial charge in [-0.05, 0) is 46.8 Å². The second kappa shape index (κ2) is 7.55. The number of halogens is 1. The van der Waals surface area contributed by atoms with Gasteiger partial charge in [-0.25, -0.2) is 0 Å². The third kappa shape index (κ3) is 4.19. The van der Waals surface area contributed by atoms with Crippen molar-refractivity contribution in [2.45, 2.75) is 6.42 Å². The van der Waals surface area contributed by atoms with Gasteiger partial charge in [0.1, 0.15) is 0 Å². The summed E-state index contributed by atoms with van der Waals surface area (Å²) < 4.78 is 0.942. The lowest BCUT2D eigenvalue weighted by atomic mass is 10.0. The smallest absolute Gasteiger partial charge is 0.230 e. The summed E-state index contributed by atoms with van der Waals surface area (Å²) in [5.41, 5.74) is 1.80. The maximum absolute atomic E-state index is 12.3. The van der Waals surface area contributed by atoms with E-state index in [0.29, 0.717) is 5.11 Å². The Morgan fingerprint density at radius 2 is 1.75 bits per heavy atom. The van der Waals surface area contributed by atoms with E-state index in [4.69, 9.17) is 12.2 Å². The number of hydrogen-bond donors (Lipinski definition) is 2. The van der Waals surface area contributed by atoms with Crippen molar-refractivity contribution in [3.63, 3.8) is 0 Å². The molecule has 2 N–H and O–H groups in total. The molecule has 0 aliphatic rings. The van der Waals surface area contributed by atoms with Crippen LogP contribution in [0.25, 0.3) is 10.8 Å². The lowest BCUT2D eigenvalue weighted by molar-refractivity contribution is -0.119. The molecule has 0 aliphatic heterocycles. The first-order valence-electron chi connectivity index (χ1n) is 7.45. The standard InChI is InChI=1S/C19H15BrN2OS/c20-15-8-4-9-16(12-15)21-19(24)22-18(23)11-14-7-3-6-13-5-1-2-10-17(13)14/h1-10,12H,11H2,(H2,21,22,23,24). The van der Waals surface area contributed by atoms with Gasteiger partial charge in [0.05, 0.1) is 6.42 Å². The van der Waals surface area contributed by atoms with Gasteiger partial charge in [-0.15, -0.1) is 0 Å². The van der Waals surface area contributed by atoms with Gasteiger partial charge in [-0.3, -0.25) is 4.79 Å². The SMILES string of the molecule is O=C(Cc1cccc2ccccc12)NC(=S)Nc1cccc(Br)c1. The van der Waals surface area contributed by atoms with E-state index in [1.54, 1.807) is 0 Å². The topological polar surface area (TPSA) is 41.1 Å². The molecule has 0 heterocycles. The average Bonchev–Trinajstić information content (AvgIpc) is 2.55. The summed E-state index contributed by atoms with van der Waals surface area (Å²) in [5.74, 6) is -0.140. The fourth-order valence-corrected chi connectivity index (χ4v) is 3.15. The number of nitrogens with one attached hydrogen (secondary N) is 2. The van der Waals surface area contributed by atoms with Crippen molar-refractivity contribution in [2.75, 3.05) is 5.32 Å². The van der Waals surface area contributed by atoms with Crippen molar-refractivity contribution < 1.29 is 4.79 Å². The summed E-state index contributed by atoms with van der Waals surface area (Å²) in [6.07, 6.45) is 0.279. The van der Waals surface area contributed by atoms with Crippen LogP contribution in [0.4, 0.5) is 5.69 Å². The van der Waals surface area contributed by atoms with Crippen LogP contribution < -0.4 is 10.6 Å². The van der Waals surface area contributed by atoms with Crippen LogP contribution >= 0.6 is 28.1 Å². The van der Waals surface area contributed by atoms with E-state index < -0.39 is 0 Å². The third-order valence-corrected chi connectivity index (χ3v) is 4.26. The van der Waals surface area contributed by atoms with Crippen LogP contribution in [0.15, 0.2) is 71.2 Å². The molecule has 0 radical (unpaired) electrons. The average molecular weight is 399 g/mol. The fraction of sp³-hybridized carbons (Fsp3) is 0.0526. The molecule has 0 spiro atoms. The van der Waals surface area contributed by atoms with Crippen LogP contribution in [-0.4, -0.2) is 11.0 Å². The Bertz CT molecular complexity index is 905. The minimum absolute atomic E-state index is 0.140. The number of fused-ring (bicyclic) bond motifs is 1. The number of rotatable bonds is 3. The van der Waals surface area contributed by atoms with E-state index in [1.807, 2.05) is 66.7 Å². The number of carbonyl (C=O) groups excluding carboxylic acids is 1. The molecule has 3 nitrogen and oxygen atoms in total. The van der Waals surface area contributed by atoms with Crippen LogP contribution in [0, 0.1) is 0 Å². The highest BCUT2D eigenvalue weighted by molar-refractivity contribution is 9.10. The first-order chi connectivity index (χ1) is 11.6. The maximum atomic E-state index is 12.3. The lowest BCUT2D eigenvalue weighted by Gasteiger charge is -2.11. The van der Waals surface area contributed by atoms with Crippen molar-refractivity contribution in [3.8, 4) is 0 Å². The summed E-state index contributed by atoms with van der Waals surface area (Å²) in [4.78, 5) is 12.3. The predicted molar refractivity (Wildman–Crippen MR) is 106 cm³/mol. The largest absolute Gasteiger partial charge is 0.332 e. The fourth-order valence-electron chi connectivity index (χ4n) is 2.52. The zero-order valence-corrected chi connectivity index (χ0v) is 15.2.